The molecule has 3 heterocycles. The van der Waals surface area contributed by atoms with Gasteiger partial charge in [-0.05, 0) is 43.9 Å². The number of esters is 1. The molecule has 2 N–H and O–H groups in total. The second-order valence-corrected chi connectivity index (χ2v) is 9.03. The van der Waals surface area contributed by atoms with Crippen molar-refractivity contribution in [3.8, 4) is 0 Å². The van der Waals surface area contributed by atoms with Gasteiger partial charge < -0.3 is 15.0 Å². The number of hydrogen-bond acceptors (Lipinski definition) is 8. The van der Waals surface area contributed by atoms with Gasteiger partial charge in [-0.1, -0.05) is 0 Å². The Kier molecular flexibility index (Phi) is 4.97. The van der Waals surface area contributed by atoms with Gasteiger partial charge in [-0.25, -0.2) is 9.97 Å². The van der Waals surface area contributed by atoms with Gasteiger partial charge in [0, 0.05) is 24.4 Å². The van der Waals surface area contributed by atoms with E-state index < -0.39 is 0 Å². The zero-order chi connectivity index (χ0) is 21.5. The van der Waals surface area contributed by atoms with Crippen LogP contribution < -0.4 is 10.2 Å². The van der Waals surface area contributed by atoms with Gasteiger partial charge >= 0.3 is 5.97 Å². The van der Waals surface area contributed by atoms with Crippen molar-refractivity contribution in [2.75, 3.05) is 30.9 Å². The van der Waals surface area contributed by atoms with Crippen LogP contribution in [0.5, 0.6) is 0 Å². The number of aryl methyl sites for hydroxylation is 1. The van der Waals surface area contributed by atoms with Crippen LogP contribution in [0.4, 0.5) is 17.2 Å². The normalized spacial score (nSPS) is 15.8. The predicted molar refractivity (Wildman–Crippen MR) is 123 cm³/mol. The number of nitrogens with one attached hydrogen (secondary N) is 2. The number of fused-ring (bicyclic) bond motifs is 4. The fraction of sp³-hybridized carbons (Fsp3) is 0.364. The number of H-pyrrole nitrogens is 1. The van der Waals surface area contributed by atoms with E-state index in [1.165, 1.54) is 10.4 Å². The highest BCUT2D eigenvalue weighted by Gasteiger charge is 2.30. The number of aromatic amines is 1. The summed E-state index contributed by atoms with van der Waals surface area (Å²) >= 11 is 1.65. The van der Waals surface area contributed by atoms with E-state index in [0.29, 0.717) is 13.0 Å². The minimum atomic E-state index is -0.0981. The summed E-state index contributed by atoms with van der Waals surface area (Å²) in [6, 6.07) is 4.16. The first-order valence-electron chi connectivity index (χ1n) is 10.4. The molecule has 160 valence electrons. The van der Waals surface area contributed by atoms with Gasteiger partial charge in [-0.2, -0.15) is 5.10 Å². The number of nitrogens with zero attached hydrogens (tertiary/aromatic N) is 4. The van der Waals surface area contributed by atoms with Gasteiger partial charge in [0.2, 0.25) is 0 Å². The second kappa shape index (κ2) is 7.81. The number of thiophene rings is 1. The second-order valence-electron chi connectivity index (χ2n) is 7.94. The molecule has 0 saturated carbocycles. The van der Waals surface area contributed by atoms with Crippen LogP contribution in [0.3, 0.4) is 0 Å². The fourth-order valence-electron chi connectivity index (χ4n) is 4.24. The number of rotatable bonds is 5. The van der Waals surface area contributed by atoms with Crippen molar-refractivity contribution in [1.29, 1.82) is 0 Å². The maximum Gasteiger partial charge on any atom is 0.309 e. The molecule has 4 aromatic rings. The molecule has 9 heteroatoms. The number of carbonyl (C=O) groups is 1. The molecule has 0 saturated heterocycles. The van der Waals surface area contributed by atoms with E-state index in [9.17, 15) is 4.79 Å². The first-order valence-corrected chi connectivity index (χ1v) is 11.2. The van der Waals surface area contributed by atoms with E-state index in [2.05, 4.69) is 42.5 Å². The Bertz CT molecular complexity index is 1280. The maximum atomic E-state index is 12.2. The molecule has 1 aromatic carbocycles. The lowest BCUT2D eigenvalue weighted by Gasteiger charge is -2.21. The van der Waals surface area contributed by atoms with E-state index in [1.807, 2.05) is 27.2 Å². The molecule has 1 aliphatic rings. The molecule has 0 amide bonds. The first-order chi connectivity index (χ1) is 15.0. The van der Waals surface area contributed by atoms with Crippen molar-refractivity contribution in [3.63, 3.8) is 0 Å². The van der Waals surface area contributed by atoms with E-state index in [1.54, 1.807) is 17.7 Å². The van der Waals surface area contributed by atoms with Gasteiger partial charge in [-0.15, -0.1) is 11.3 Å². The molecule has 1 atom stereocenters. The van der Waals surface area contributed by atoms with Gasteiger partial charge in [0.05, 0.1) is 41.0 Å². The Morgan fingerprint density at radius 3 is 3.03 bits per heavy atom. The molecule has 0 aliphatic heterocycles. The van der Waals surface area contributed by atoms with Crippen molar-refractivity contribution in [2.24, 2.45) is 5.92 Å². The topological polar surface area (TPSA) is 96.0 Å². The van der Waals surface area contributed by atoms with Crippen LogP contribution in [0, 0.1) is 5.92 Å². The molecule has 31 heavy (non-hydrogen) atoms. The number of aromatic nitrogens is 4. The van der Waals surface area contributed by atoms with Crippen LogP contribution in [0.2, 0.25) is 0 Å². The van der Waals surface area contributed by atoms with Crippen molar-refractivity contribution < 1.29 is 9.53 Å². The smallest absolute Gasteiger partial charge is 0.309 e. The minimum absolute atomic E-state index is 0.0753. The molecule has 8 nitrogen and oxygen atoms in total. The molecule has 0 unspecified atom stereocenters. The Labute approximate surface area is 183 Å². The van der Waals surface area contributed by atoms with Crippen molar-refractivity contribution in [2.45, 2.75) is 26.2 Å². The molecule has 0 radical (unpaired) electrons. The lowest BCUT2D eigenvalue weighted by molar-refractivity contribution is -0.148. The monoisotopic (exact) mass is 436 g/mol. The molecule has 1 aliphatic carbocycles. The predicted octanol–water partition coefficient (Wildman–Crippen LogP) is 4.05. The van der Waals surface area contributed by atoms with E-state index in [0.717, 1.165) is 51.2 Å². The van der Waals surface area contributed by atoms with Crippen LogP contribution in [0.1, 0.15) is 23.8 Å². The summed E-state index contributed by atoms with van der Waals surface area (Å²) in [5.74, 6) is 0.621. The van der Waals surface area contributed by atoms with Crippen molar-refractivity contribution in [1.82, 2.24) is 20.2 Å². The largest absolute Gasteiger partial charge is 0.466 e. The number of hydrogen-bond donors (Lipinski definition) is 2. The Morgan fingerprint density at radius 1 is 1.35 bits per heavy atom. The quantitative estimate of drug-likeness (QED) is 0.456. The van der Waals surface area contributed by atoms with E-state index in [4.69, 9.17) is 4.74 Å². The van der Waals surface area contributed by atoms with Crippen molar-refractivity contribution in [3.05, 3.63) is 35.1 Å². The van der Waals surface area contributed by atoms with E-state index >= 15 is 0 Å². The summed E-state index contributed by atoms with van der Waals surface area (Å²) in [6.07, 6.45) is 5.73. The number of ether oxygens (including phenoxy) is 1. The van der Waals surface area contributed by atoms with Crippen molar-refractivity contribution >= 4 is 55.6 Å². The van der Waals surface area contributed by atoms with Gasteiger partial charge in [0.1, 0.15) is 17.0 Å². The SMILES string of the molecule is CCOC(=O)[C@H]1CCc2c(sc3ncnc(Nc4cc5cn[nH]c5cc4N(C)C)c23)C1. The molecular formula is C22H24N6O2S. The average Bonchev–Trinajstić information content (AvgIpc) is 3.36. The minimum Gasteiger partial charge on any atom is -0.466 e. The first kappa shape index (κ1) is 19.7. The summed E-state index contributed by atoms with van der Waals surface area (Å²) < 4.78 is 5.25. The molecule has 0 fully saturated rings. The average molecular weight is 437 g/mol. The third kappa shape index (κ3) is 3.48. The Morgan fingerprint density at radius 2 is 2.23 bits per heavy atom. The third-order valence-electron chi connectivity index (χ3n) is 5.76. The molecular weight excluding hydrogens is 412 g/mol. The summed E-state index contributed by atoms with van der Waals surface area (Å²) in [6.45, 7) is 2.27. The standard InChI is InChI=1S/C22H24N6O2S/c1-4-30-22(29)12-5-6-14-18(8-12)31-21-19(14)20(23-11-24-21)26-16-7-13-10-25-27-15(13)9-17(16)28(2)3/h7,9-12H,4-6,8H2,1-3H3,(H,25,27)(H,23,24,26)/t12-/m0/s1. The third-order valence-corrected chi connectivity index (χ3v) is 6.92. The molecule has 0 spiro atoms. The van der Waals surface area contributed by atoms with E-state index in [-0.39, 0.29) is 11.9 Å². The highest BCUT2D eigenvalue weighted by molar-refractivity contribution is 7.19. The lowest BCUT2D eigenvalue weighted by Crippen LogP contribution is -2.23. The number of anilines is 3. The summed E-state index contributed by atoms with van der Waals surface area (Å²) in [5.41, 5.74) is 4.23. The van der Waals surface area contributed by atoms with Crippen LogP contribution in [-0.2, 0) is 22.4 Å². The van der Waals surface area contributed by atoms with Crippen LogP contribution in [0.15, 0.2) is 24.7 Å². The Hall–Kier alpha value is -3.20. The summed E-state index contributed by atoms with van der Waals surface area (Å²) in [7, 11) is 4.03. The number of benzene rings is 1. The Balaban J connectivity index is 1.55. The molecule has 0 bridgehead atoms. The van der Waals surface area contributed by atoms with Crippen LogP contribution >= 0.6 is 11.3 Å². The summed E-state index contributed by atoms with van der Waals surface area (Å²) in [4.78, 5) is 25.6. The fourth-order valence-corrected chi connectivity index (χ4v) is 5.51. The van der Waals surface area contributed by atoms with Crippen LogP contribution in [0.25, 0.3) is 21.1 Å². The van der Waals surface area contributed by atoms with Gasteiger partial charge in [0.15, 0.2) is 0 Å². The summed E-state index contributed by atoms with van der Waals surface area (Å²) in [5, 5.41) is 12.8. The number of carbonyl (C=O) groups excluding carboxylic acids is 1. The highest BCUT2D eigenvalue weighted by atomic mass is 32.1. The zero-order valence-electron chi connectivity index (χ0n) is 17.7. The zero-order valence-corrected chi connectivity index (χ0v) is 18.5. The van der Waals surface area contributed by atoms with Gasteiger partial charge in [-0.3, -0.25) is 9.89 Å². The molecule has 5 rings (SSSR count). The van der Waals surface area contributed by atoms with Crippen LogP contribution in [-0.4, -0.2) is 46.8 Å². The van der Waals surface area contributed by atoms with Gasteiger partial charge in [0.25, 0.3) is 0 Å². The highest BCUT2D eigenvalue weighted by Crippen LogP contribution is 2.41. The lowest BCUT2D eigenvalue weighted by atomic mass is 9.88. The molecule has 3 aromatic heterocycles. The maximum absolute atomic E-state index is 12.2.